The van der Waals surface area contributed by atoms with Gasteiger partial charge in [-0.25, -0.2) is 4.79 Å². The number of fused-ring (bicyclic) bond motifs is 1. The quantitative estimate of drug-likeness (QED) is 0.747. The molecular weight excluding hydrogens is 306 g/mol. The van der Waals surface area contributed by atoms with Gasteiger partial charge < -0.3 is 9.73 Å². The topological polar surface area (TPSA) is 77.1 Å². The summed E-state index contributed by atoms with van der Waals surface area (Å²) in [6.45, 7) is 6.43. The van der Waals surface area contributed by atoms with Crippen LogP contribution in [-0.4, -0.2) is 15.7 Å². The fourth-order valence-corrected chi connectivity index (χ4v) is 2.70. The molecule has 1 amide bonds. The number of nitrogens with one attached hydrogen (secondary N) is 1. The van der Waals surface area contributed by atoms with Crippen LogP contribution in [0.25, 0.3) is 11.0 Å². The van der Waals surface area contributed by atoms with Crippen molar-refractivity contribution in [3.05, 3.63) is 57.7 Å². The highest BCUT2D eigenvalue weighted by Crippen LogP contribution is 2.25. The lowest BCUT2D eigenvalue weighted by molar-refractivity contribution is 0.101. The van der Waals surface area contributed by atoms with E-state index < -0.39 is 0 Å². The molecule has 0 atom stereocenters. The van der Waals surface area contributed by atoms with E-state index in [1.807, 2.05) is 26.8 Å². The molecule has 0 aliphatic carbocycles. The first-order valence-electron chi connectivity index (χ1n) is 7.88. The molecular formula is C18H19N3O3. The number of hydrogen-bond donors (Lipinski definition) is 1. The average molecular weight is 325 g/mol. The number of aromatic nitrogens is 2. The van der Waals surface area contributed by atoms with Crippen LogP contribution in [-0.2, 0) is 6.54 Å². The predicted octanol–water partition coefficient (Wildman–Crippen LogP) is 3.27. The van der Waals surface area contributed by atoms with Crippen molar-refractivity contribution in [1.82, 2.24) is 9.78 Å². The van der Waals surface area contributed by atoms with Crippen molar-refractivity contribution in [3.8, 4) is 0 Å². The van der Waals surface area contributed by atoms with Gasteiger partial charge >= 0.3 is 5.63 Å². The van der Waals surface area contributed by atoms with Gasteiger partial charge in [0.05, 0.1) is 0 Å². The molecule has 3 rings (SSSR count). The Kier molecular flexibility index (Phi) is 4.20. The second-order valence-electron chi connectivity index (χ2n) is 5.81. The van der Waals surface area contributed by atoms with Gasteiger partial charge in [-0.1, -0.05) is 6.92 Å². The van der Waals surface area contributed by atoms with Crippen LogP contribution >= 0.6 is 0 Å². The van der Waals surface area contributed by atoms with Crippen molar-refractivity contribution >= 4 is 22.6 Å². The molecule has 6 nitrogen and oxygen atoms in total. The number of nitrogens with zero attached hydrogens (tertiary/aromatic N) is 2. The van der Waals surface area contributed by atoms with Crippen molar-refractivity contribution in [2.75, 3.05) is 5.32 Å². The van der Waals surface area contributed by atoms with Gasteiger partial charge in [-0.05, 0) is 49.6 Å². The molecule has 1 aromatic carbocycles. The standard InChI is InChI=1S/C18H19N3O3/c1-4-7-21-15(5-6-19-21)18(23)20-14-10-13-11(2)9-17(22)24-16(13)8-12(14)3/h5-6,8-10H,4,7H2,1-3H3,(H,20,23). The van der Waals surface area contributed by atoms with Gasteiger partial charge in [0.1, 0.15) is 11.3 Å². The minimum absolute atomic E-state index is 0.210. The lowest BCUT2D eigenvalue weighted by Gasteiger charge is -2.11. The first-order valence-corrected chi connectivity index (χ1v) is 7.88. The lowest BCUT2D eigenvalue weighted by Crippen LogP contribution is -2.18. The zero-order valence-corrected chi connectivity index (χ0v) is 13.9. The van der Waals surface area contributed by atoms with Crippen LogP contribution in [0.15, 0.2) is 39.7 Å². The lowest BCUT2D eigenvalue weighted by atomic mass is 10.1. The summed E-state index contributed by atoms with van der Waals surface area (Å²) in [7, 11) is 0. The van der Waals surface area contributed by atoms with Crippen LogP contribution in [0.4, 0.5) is 5.69 Å². The number of aryl methyl sites for hydroxylation is 3. The Labute approximate surface area is 139 Å². The second-order valence-corrected chi connectivity index (χ2v) is 5.81. The van der Waals surface area contributed by atoms with Crippen LogP contribution < -0.4 is 10.9 Å². The predicted molar refractivity (Wildman–Crippen MR) is 92.4 cm³/mol. The first kappa shape index (κ1) is 16.0. The summed E-state index contributed by atoms with van der Waals surface area (Å²) in [6, 6.07) is 6.75. The van der Waals surface area contributed by atoms with Gasteiger partial charge in [0.2, 0.25) is 0 Å². The van der Waals surface area contributed by atoms with Crippen LogP contribution in [0.5, 0.6) is 0 Å². The molecule has 3 aromatic rings. The number of carbonyl (C=O) groups excluding carboxylic acids is 1. The maximum absolute atomic E-state index is 12.6. The molecule has 0 radical (unpaired) electrons. The molecule has 0 aliphatic heterocycles. The average Bonchev–Trinajstić information content (AvgIpc) is 2.97. The van der Waals surface area contributed by atoms with Gasteiger partial charge in [-0.15, -0.1) is 0 Å². The van der Waals surface area contributed by atoms with E-state index in [1.165, 1.54) is 6.07 Å². The zero-order chi connectivity index (χ0) is 17.3. The molecule has 124 valence electrons. The minimum Gasteiger partial charge on any atom is -0.423 e. The van der Waals surface area contributed by atoms with Crippen LogP contribution in [0.3, 0.4) is 0 Å². The number of carbonyl (C=O) groups is 1. The third-order valence-corrected chi connectivity index (χ3v) is 3.93. The Hall–Kier alpha value is -2.89. The van der Waals surface area contributed by atoms with E-state index in [0.29, 0.717) is 23.5 Å². The Balaban J connectivity index is 1.97. The molecule has 6 heteroatoms. The summed E-state index contributed by atoms with van der Waals surface area (Å²) in [6.07, 6.45) is 2.52. The summed E-state index contributed by atoms with van der Waals surface area (Å²) in [5.74, 6) is -0.210. The van der Waals surface area contributed by atoms with Crippen molar-refractivity contribution < 1.29 is 9.21 Å². The normalized spacial score (nSPS) is 11.0. The van der Waals surface area contributed by atoms with E-state index in [-0.39, 0.29) is 11.5 Å². The van der Waals surface area contributed by atoms with E-state index >= 15 is 0 Å². The van der Waals surface area contributed by atoms with Crippen LogP contribution in [0, 0.1) is 13.8 Å². The van der Waals surface area contributed by atoms with E-state index in [4.69, 9.17) is 4.42 Å². The highest BCUT2D eigenvalue weighted by atomic mass is 16.4. The van der Waals surface area contributed by atoms with E-state index in [0.717, 1.165) is 22.9 Å². The third-order valence-electron chi connectivity index (χ3n) is 3.93. The van der Waals surface area contributed by atoms with E-state index in [2.05, 4.69) is 10.4 Å². The number of anilines is 1. The SMILES string of the molecule is CCCn1nccc1C(=O)Nc1cc2c(C)cc(=O)oc2cc1C. The fourth-order valence-electron chi connectivity index (χ4n) is 2.70. The molecule has 0 spiro atoms. The maximum Gasteiger partial charge on any atom is 0.336 e. The van der Waals surface area contributed by atoms with Crippen molar-refractivity contribution in [1.29, 1.82) is 0 Å². The van der Waals surface area contributed by atoms with Crippen LogP contribution in [0.2, 0.25) is 0 Å². The Morgan fingerprint density at radius 3 is 2.79 bits per heavy atom. The van der Waals surface area contributed by atoms with E-state index in [1.54, 1.807) is 23.0 Å². The largest absolute Gasteiger partial charge is 0.423 e. The van der Waals surface area contributed by atoms with Gasteiger partial charge in [-0.3, -0.25) is 9.48 Å². The highest BCUT2D eigenvalue weighted by molar-refractivity contribution is 6.04. The monoisotopic (exact) mass is 325 g/mol. The summed E-state index contributed by atoms with van der Waals surface area (Å²) in [5, 5.41) is 7.90. The third kappa shape index (κ3) is 2.95. The zero-order valence-electron chi connectivity index (χ0n) is 13.9. The van der Waals surface area contributed by atoms with Gasteiger partial charge in [0.25, 0.3) is 5.91 Å². The highest BCUT2D eigenvalue weighted by Gasteiger charge is 2.14. The smallest absolute Gasteiger partial charge is 0.336 e. The maximum atomic E-state index is 12.6. The van der Waals surface area contributed by atoms with Crippen molar-refractivity contribution in [3.63, 3.8) is 0 Å². The summed E-state index contributed by atoms with van der Waals surface area (Å²) < 4.78 is 6.91. The van der Waals surface area contributed by atoms with Gasteiger partial charge in [0.15, 0.2) is 0 Å². The Morgan fingerprint density at radius 2 is 2.04 bits per heavy atom. The van der Waals surface area contributed by atoms with Crippen molar-refractivity contribution in [2.24, 2.45) is 0 Å². The minimum atomic E-state index is -0.375. The summed E-state index contributed by atoms with van der Waals surface area (Å²) in [5.41, 5.74) is 2.99. The Morgan fingerprint density at radius 1 is 1.25 bits per heavy atom. The summed E-state index contributed by atoms with van der Waals surface area (Å²) >= 11 is 0. The molecule has 2 aromatic heterocycles. The summed E-state index contributed by atoms with van der Waals surface area (Å²) in [4.78, 5) is 24.0. The number of benzene rings is 1. The molecule has 24 heavy (non-hydrogen) atoms. The number of amides is 1. The molecule has 0 saturated carbocycles. The van der Waals surface area contributed by atoms with Crippen molar-refractivity contribution in [2.45, 2.75) is 33.7 Å². The molecule has 2 heterocycles. The van der Waals surface area contributed by atoms with Crippen LogP contribution in [0.1, 0.15) is 35.0 Å². The first-order chi connectivity index (χ1) is 11.5. The number of hydrogen-bond acceptors (Lipinski definition) is 4. The molecule has 0 fully saturated rings. The van der Waals surface area contributed by atoms with Gasteiger partial charge in [0, 0.05) is 29.9 Å². The molecule has 0 aliphatic rings. The van der Waals surface area contributed by atoms with Gasteiger partial charge in [-0.2, -0.15) is 5.10 Å². The second kappa shape index (κ2) is 6.31. The molecule has 0 saturated heterocycles. The molecule has 0 unspecified atom stereocenters. The molecule has 1 N–H and O–H groups in total. The van der Waals surface area contributed by atoms with E-state index in [9.17, 15) is 9.59 Å². The molecule has 0 bridgehead atoms. The Bertz CT molecular complexity index is 969. The fraction of sp³-hybridized carbons (Fsp3) is 0.278. The number of rotatable bonds is 4.